The number of nitro groups is 1. The van der Waals surface area contributed by atoms with E-state index < -0.39 is 16.8 Å². The molecule has 0 aromatic heterocycles. The third kappa shape index (κ3) is 8.51. The van der Waals surface area contributed by atoms with Gasteiger partial charge in [-0.1, -0.05) is 6.07 Å². The molecule has 0 spiro atoms. The van der Waals surface area contributed by atoms with Crippen molar-refractivity contribution in [3.05, 3.63) is 87.5 Å². The van der Waals surface area contributed by atoms with Gasteiger partial charge in [-0.15, -0.1) is 0 Å². The highest BCUT2D eigenvalue weighted by Gasteiger charge is 2.18. The number of hydrazone groups is 1. The molecule has 0 saturated heterocycles. The van der Waals surface area contributed by atoms with Gasteiger partial charge in [-0.05, 0) is 54.4 Å². The summed E-state index contributed by atoms with van der Waals surface area (Å²) in [6.07, 6.45) is 1.86. The Balaban J connectivity index is 1.44. The minimum absolute atomic E-state index is 0.0996. The standard InChI is InChI=1S/C28H28N4O9/c1-38-23-15-20(16-24(39-2)26(23)40-3)28(35)41-22-11-9-18(10-12-22)17-30-31-25(33)8-5-13-29-27(34)19-6-4-7-21(14-19)32(36)37/h4,6-7,9-12,14-17H,5,8,13H2,1-3H3,(H,29,34)(H,31,33)/b30-17+. The van der Waals surface area contributed by atoms with Gasteiger partial charge in [0, 0.05) is 30.7 Å². The fourth-order valence-electron chi connectivity index (χ4n) is 3.54. The Morgan fingerprint density at radius 1 is 0.927 bits per heavy atom. The van der Waals surface area contributed by atoms with Crippen molar-refractivity contribution < 1.29 is 38.3 Å². The smallest absolute Gasteiger partial charge is 0.343 e. The second-order valence-electron chi connectivity index (χ2n) is 8.33. The lowest BCUT2D eigenvalue weighted by atomic mass is 10.2. The van der Waals surface area contributed by atoms with Gasteiger partial charge in [-0.25, -0.2) is 10.2 Å². The molecule has 3 aromatic carbocycles. The van der Waals surface area contributed by atoms with E-state index in [0.717, 1.165) is 0 Å². The van der Waals surface area contributed by atoms with Crippen molar-refractivity contribution in [1.29, 1.82) is 0 Å². The van der Waals surface area contributed by atoms with E-state index in [-0.39, 0.29) is 41.4 Å². The van der Waals surface area contributed by atoms with Crippen molar-refractivity contribution >= 4 is 29.7 Å². The van der Waals surface area contributed by atoms with Crippen LogP contribution in [0.1, 0.15) is 39.1 Å². The van der Waals surface area contributed by atoms with E-state index in [0.29, 0.717) is 29.2 Å². The fourth-order valence-corrected chi connectivity index (χ4v) is 3.54. The maximum atomic E-state index is 12.6. The number of nitro benzene ring substituents is 1. The summed E-state index contributed by atoms with van der Waals surface area (Å²) >= 11 is 0. The number of rotatable bonds is 13. The number of benzene rings is 3. The number of carbonyl (C=O) groups is 3. The van der Waals surface area contributed by atoms with Gasteiger partial charge in [0.25, 0.3) is 11.6 Å². The summed E-state index contributed by atoms with van der Waals surface area (Å²) < 4.78 is 21.2. The van der Waals surface area contributed by atoms with E-state index in [4.69, 9.17) is 18.9 Å². The zero-order valence-corrected chi connectivity index (χ0v) is 22.5. The molecule has 13 heteroatoms. The SMILES string of the molecule is COc1cc(C(=O)Oc2ccc(/C=N/NC(=O)CCCNC(=O)c3cccc([N+](=O)[O-])c3)cc2)cc(OC)c1OC. The molecule has 3 rings (SSSR count). The molecule has 0 aliphatic heterocycles. The number of non-ortho nitro benzene ring substituents is 1. The third-order valence-corrected chi connectivity index (χ3v) is 5.58. The molecule has 41 heavy (non-hydrogen) atoms. The van der Waals surface area contributed by atoms with Crippen molar-refractivity contribution in [2.24, 2.45) is 5.10 Å². The van der Waals surface area contributed by atoms with Crippen LogP contribution in [0, 0.1) is 10.1 Å². The second kappa shape index (κ2) is 14.6. The molecule has 0 heterocycles. The first kappa shape index (κ1) is 30.1. The van der Waals surface area contributed by atoms with Crippen molar-refractivity contribution in [3.63, 3.8) is 0 Å². The van der Waals surface area contributed by atoms with Crippen LogP contribution in [0.15, 0.2) is 65.8 Å². The Morgan fingerprint density at radius 2 is 1.61 bits per heavy atom. The highest BCUT2D eigenvalue weighted by molar-refractivity contribution is 5.95. The summed E-state index contributed by atoms with van der Waals surface area (Å²) in [4.78, 5) is 47.0. The second-order valence-corrected chi connectivity index (χ2v) is 8.33. The molecule has 2 amide bonds. The maximum Gasteiger partial charge on any atom is 0.343 e. The Morgan fingerprint density at radius 3 is 2.22 bits per heavy atom. The maximum absolute atomic E-state index is 12.6. The van der Waals surface area contributed by atoms with E-state index in [9.17, 15) is 24.5 Å². The van der Waals surface area contributed by atoms with Gasteiger partial charge in [0.1, 0.15) is 5.75 Å². The third-order valence-electron chi connectivity index (χ3n) is 5.58. The highest BCUT2D eigenvalue weighted by Crippen LogP contribution is 2.38. The first-order valence-electron chi connectivity index (χ1n) is 12.2. The number of hydrogen-bond acceptors (Lipinski definition) is 10. The average Bonchev–Trinajstić information content (AvgIpc) is 2.99. The van der Waals surface area contributed by atoms with Gasteiger partial charge in [0.15, 0.2) is 11.5 Å². The monoisotopic (exact) mass is 564 g/mol. The summed E-state index contributed by atoms with van der Waals surface area (Å²) in [5.74, 6) is -0.176. The average molecular weight is 565 g/mol. The summed E-state index contributed by atoms with van der Waals surface area (Å²) in [7, 11) is 4.35. The van der Waals surface area contributed by atoms with Gasteiger partial charge in [-0.2, -0.15) is 5.10 Å². The van der Waals surface area contributed by atoms with E-state index in [1.165, 1.54) is 63.9 Å². The molecule has 0 fully saturated rings. The molecule has 3 aromatic rings. The Hall–Kier alpha value is -5.46. The predicted octanol–water partition coefficient (Wildman–Crippen LogP) is 3.50. The zero-order chi connectivity index (χ0) is 29.8. The van der Waals surface area contributed by atoms with Gasteiger partial charge in [-0.3, -0.25) is 19.7 Å². The minimum Gasteiger partial charge on any atom is -0.493 e. The van der Waals surface area contributed by atoms with Crippen LogP contribution in [-0.2, 0) is 4.79 Å². The number of esters is 1. The van der Waals surface area contributed by atoms with Gasteiger partial charge < -0.3 is 24.3 Å². The van der Waals surface area contributed by atoms with Gasteiger partial charge in [0.2, 0.25) is 11.7 Å². The number of amides is 2. The number of ether oxygens (including phenoxy) is 4. The summed E-state index contributed by atoms with van der Waals surface area (Å²) in [6.45, 7) is 0.203. The molecule has 0 aliphatic rings. The normalized spacial score (nSPS) is 10.5. The number of carbonyl (C=O) groups excluding carboxylic acids is 3. The van der Waals surface area contributed by atoms with Gasteiger partial charge in [0.05, 0.1) is 38.0 Å². The molecule has 0 saturated carbocycles. The van der Waals surface area contributed by atoms with Crippen LogP contribution in [-0.4, -0.2) is 56.8 Å². The lowest BCUT2D eigenvalue weighted by molar-refractivity contribution is -0.384. The zero-order valence-electron chi connectivity index (χ0n) is 22.5. The summed E-state index contributed by atoms with van der Waals surface area (Å²) in [6, 6.07) is 14.8. The quantitative estimate of drug-likeness (QED) is 0.0788. The molecule has 0 aliphatic carbocycles. The van der Waals surface area contributed by atoms with Crippen LogP contribution >= 0.6 is 0 Å². The molecular formula is C28H28N4O9. The summed E-state index contributed by atoms with van der Waals surface area (Å²) in [5.41, 5.74) is 3.22. The summed E-state index contributed by atoms with van der Waals surface area (Å²) in [5, 5.41) is 17.3. The predicted molar refractivity (Wildman–Crippen MR) is 148 cm³/mol. The molecule has 0 radical (unpaired) electrons. The van der Waals surface area contributed by atoms with Gasteiger partial charge >= 0.3 is 5.97 Å². The molecule has 214 valence electrons. The molecule has 13 nitrogen and oxygen atoms in total. The van der Waals surface area contributed by atoms with Crippen LogP contribution < -0.4 is 29.7 Å². The lowest BCUT2D eigenvalue weighted by Gasteiger charge is -2.13. The number of hydrogen-bond donors (Lipinski definition) is 2. The van der Waals surface area contributed by atoms with E-state index in [1.54, 1.807) is 24.3 Å². The fraction of sp³-hybridized carbons (Fsp3) is 0.214. The molecule has 0 bridgehead atoms. The molecule has 0 atom stereocenters. The topological polar surface area (TPSA) is 168 Å². The van der Waals surface area contributed by atoms with E-state index >= 15 is 0 Å². The van der Waals surface area contributed by atoms with Crippen molar-refractivity contribution in [3.8, 4) is 23.0 Å². The van der Waals surface area contributed by atoms with Crippen LogP contribution in [0.5, 0.6) is 23.0 Å². The lowest BCUT2D eigenvalue weighted by Crippen LogP contribution is -2.26. The first-order chi connectivity index (χ1) is 19.7. The molecule has 0 unspecified atom stereocenters. The molecule has 2 N–H and O–H groups in total. The van der Waals surface area contributed by atoms with Crippen LogP contribution in [0.25, 0.3) is 0 Å². The van der Waals surface area contributed by atoms with E-state index in [2.05, 4.69) is 15.8 Å². The van der Waals surface area contributed by atoms with Crippen LogP contribution in [0.2, 0.25) is 0 Å². The van der Waals surface area contributed by atoms with Crippen LogP contribution in [0.4, 0.5) is 5.69 Å². The highest BCUT2D eigenvalue weighted by atomic mass is 16.6. The van der Waals surface area contributed by atoms with Crippen molar-refractivity contribution in [1.82, 2.24) is 10.7 Å². The van der Waals surface area contributed by atoms with E-state index in [1.807, 2.05) is 0 Å². The largest absolute Gasteiger partial charge is 0.493 e. The number of nitrogens with one attached hydrogen (secondary N) is 2. The minimum atomic E-state index is -0.626. The molecular weight excluding hydrogens is 536 g/mol. The number of nitrogens with zero attached hydrogens (tertiary/aromatic N) is 2. The Bertz CT molecular complexity index is 1410. The number of methoxy groups -OCH3 is 3. The van der Waals surface area contributed by atoms with Crippen LogP contribution in [0.3, 0.4) is 0 Å². The van der Waals surface area contributed by atoms with Crippen molar-refractivity contribution in [2.45, 2.75) is 12.8 Å². The first-order valence-corrected chi connectivity index (χ1v) is 12.2. The van der Waals surface area contributed by atoms with Crippen molar-refractivity contribution in [2.75, 3.05) is 27.9 Å². The Kier molecular flexibility index (Phi) is 10.7. The Labute approximate surface area is 235 Å².